The monoisotopic (exact) mass is 223 g/mol. The zero-order valence-corrected chi connectivity index (χ0v) is 10.3. The minimum Gasteiger partial charge on any atom is -0.135 e. The molecule has 2 heteroatoms. The van der Waals surface area contributed by atoms with Crippen LogP contribution in [0.1, 0.15) is 5.56 Å². The Hall–Kier alpha value is -1.28. The van der Waals surface area contributed by atoms with Crippen molar-refractivity contribution in [3.63, 3.8) is 0 Å². The first-order valence-corrected chi connectivity index (χ1v) is 6.32. The number of aryl methyl sites for hydroxylation is 1. The van der Waals surface area contributed by atoms with Gasteiger partial charge in [0.25, 0.3) is 0 Å². The van der Waals surface area contributed by atoms with E-state index in [2.05, 4.69) is 57.4 Å². The first-order chi connectivity index (χ1) is 7.78. The molecule has 0 atom stereocenters. The third-order valence-corrected chi connectivity index (χ3v) is 4.10. The van der Waals surface area contributed by atoms with Crippen LogP contribution in [0.3, 0.4) is 0 Å². The first kappa shape index (κ1) is 9.92. The second-order valence-electron chi connectivity index (χ2n) is 4.15. The van der Waals surface area contributed by atoms with E-state index in [1.807, 2.05) is 11.3 Å². The van der Waals surface area contributed by atoms with Crippen molar-refractivity contribution < 1.29 is 0 Å². The van der Waals surface area contributed by atoms with Crippen LogP contribution in [-0.4, -0.2) is 7.28 Å². The van der Waals surface area contributed by atoms with E-state index < -0.39 is 0 Å². The summed E-state index contributed by atoms with van der Waals surface area (Å²) in [5.74, 6) is 0. The zero-order chi connectivity index (χ0) is 11.1. The maximum atomic E-state index is 2.27. The van der Waals surface area contributed by atoms with Crippen molar-refractivity contribution >= 4 is 44.3 Å². The van der Waals surface area contributed by atoms with Gasteiger partial charge < -0.3 is 0 Å². The summed E-state index contributed by atoms with van der Waals surface area (Å²) in [4.78, 5) is 0. The third kappa shape index (κ3) is 1.45. The van der Waals surface area contributed by atoms with E-state index in [9.17, 15) is 0 Å². The van der Waals surface area contributed by atoms with E-state index in [-0.39, 0.29) is 0 Å². The lowest BCUT2D eigenvalue weighted by molar-refractivity contribution is 1.52. The van der Waals surface area contributed by atoms with Crippen molar-refractivity contribution in [1.82, 2.24) is 0 Å². The highest BCUT2D eigenvalue weighted by Crippen LogP contribution is 2.33. The fourth-order valence-corrected chi connectivity index (χ4v) is 3.33. The van der Waals surface area contributed by atoms with Crippen LogP contribution in [0.2, 0.25) is 6.82 Å². The first-order valence-electron chi connectivity index (χ1n) is 5.50. The van der Waals surface area contributed by atoms with Crippen LogP contribution in [0.25, 0.3) is 20.2 Å². The number of hydrogen-bond donors (Lipinski definition) is 0. The lowest BCUT2D eigenvalue weighted by Crippen LogP contribution is -2.08. The van der Waals surface area contributed by atoms with Crippen molar-refractivity contribution in [3.05, 3.63) is 42.0 Å². The molecule has 16 heavy (non-hydrogen) atoms. The van der Waals surface area contributed by atoms with Crippen LogP contribution in [0.15, 0.2) is 36.4 Å². The molecule has 0 aliphatic carbocycles. The van der Waals surface area contributed by atoms with Gasteiger partial charge in [-0.15, -0.1) is 11.3 Å². The van der Waals surface area contributed by atoms with Crippen LogP contribution >= 0.6 is 11.3 Å². The number of thiophene rings is 1. The fourth-order valence-electron chi connectivity index (χ4n) is 2.08. The highest BCUT2D eigenvalue weighted by atomic mass is 32.1. The number of rotatable bonds is 1. The smallest absolute Gasteiger partial charge is 0.135 e. The normalized spacial score (nSPS) is 11.1. The van der Waals surface area contributed by atoms with Crippen molar-refractivity contribution in [1.29, 1.82) is 0 Å². The molecular weight excluding hydrogens is 211 g/mol. The van der Waals surface area contributed by atoms with Gasteiger partial charge in [-0.05, 0) is 18.6 Å². The van der Waals surface area contributed by atoms with Gasteiger partial charge in [0.1, 0.15) is 7.28 Å². The van der Waals surface area contributed by atoms with E-state index in [4.69, 9.17) is 0 Å². The highest BCUT2D eigenvalue weighted by molar-refractivity contribution is 7.25. The summed E-state index contributed by atoms with van der Waals surface area (Å²) in [6, 6.07) is 13.4. The van der Waals surface area contributed by atoms with Crippen molar-refractivity contribution in [2.75, 3.05) is 0 Å². The molecule has 0 bridgehead atoms. The van der Waals surface area contributed by atoms with Crippen LogP contribution in [-0.2, 0) is 0 Å². The van der Waals surface area contributed by atoms with Crippen molar-refractivity contribution in [2.45, 2.75) is 13.7 Å². The third-order valence-electron chi connectivity index (χ3n) is 2.99. The molecule has 3 rings (SSSR count). The molecule has 0 fully saturated rings. The number of benzene rings is 2. The molecule has 1 heterocycles. The average molecular weight is 223 g/mol. The van der Waals surface area contributed by atoms with Gasteiger partial charge in [-0.25, -0.2) is 0 Å². The van der Waals surface area contributed by atoms with E-state index in [1.165, 1.54) is 31.2 Å². The summed E-state index contributed by atoms with van der Waals surface area (Å²) in [5.41, 5.74) is 2.64. The maximum absolute atomic E-state index is 2.27. The Labute approximate surface area is 100 Å². The molecule has 0 nitrogen and oxygen atoms in total. The van der Waals surface area contributed by atoms with Gasteiger partial charge in [0.15, 0.2) is 0 Å². The van der Waals surface area contributed by atoms with Gasteiger partial charge >= 0.3 is 0 Å². The Morgan fingerprint density at radius 3 is 2.38 bits per heavy atom. The van der Waals surface area contributed by atoms with Crippen LogP contribution in [0.4, 0.5) is 0 Å². The molecule has 2 aromatic carbocycles. The van der Waals surface area contributed by atoms with Gasteiger partial charge in [-0.1, -0.05) is 42.6 Å². The summed E-state index contributed by atoms with van der Waals surface area (Å²) in [6.45, 7) is 4.23. The number of hydrogen-bond acceptors (Lipinski definition) is 1. The maximum Gasteiger partial charge on any atom is 0.148 e. The lowest BCUT2D eigenvalue weighted by Gasteiger charge is -1.95. The van der Waals surface area contributed by atoms with E-state index in [0.717, 1.165) is 0 Å². The summed E-state index contributed by atoms with van der Waals surface area (Å²) < 4.78 is 2.78. The van der Waals surface area contributed by atoms with Gasteiger partial charge in [0.2, 0.25) is 0 Å². The second kappa shape index (κ2) is 3.64. The molecule has 0 saturated heterocycles. The van der Waals surface area contributed by atoms with Gasteiger partial charge in [0, 0.05) is 20.2 Å². The molecule has 0 spiro atoms. The predicted octanol–water partition coefficient (Wildman–Crippen LogP) is 3.74. The molecule has 0 unspecified atom stereocenters. The molecular formula is C14H12BS. The average Bonchev–Trinajstić information content (AvgIpc) is 2.64. The van der Waals surface area contributed by atoms with Crippen molar-refractivity contribution in [2.24, 2.45) is 0 Å². The lowest BCUT2D eigenvalue weighted by atomic mass is 9.73. The topological polar surface area (TPSA) is 0 Å². The molecule has 0 aliphatic heterocycles. The Balaban J connectivity index is 2.40. The predicted molar refractivity (Wildman–Crippen MR) is 75.3 cm³/mol. The standard InChI is InChI=1S/C14H12BS/c1-9-3-5-11-12-6-4-10(15-2)8-14(12)16-13(11)7-9/h3-8H,1-2H3. The van der Waals surface area contributed by atoms with E-state index >= 15 is 0 Å². The Morgan fingerprint density at radius 1 is 0.938 bits per heavy atom. The molecule has 3 aromatic rings. The Morgan fingerprint density at radius 2 is 1.62 bits per heavy atom. The summed E-state index contributed by atoms with van der Waals surface area (Å²) in [7, 11) is 2.15. The van der Waals surface area contributed by atoms with Crippen LogP contribution < -0.4 is 5.46 Å². The minimum atomic E-state index is 1.30. The minimum absolute atomic E-state index is 1.30. The second-order valence-corrected chi connectivity index (χ2v) is 5.23. The van der Waals surface area contributed by atoms with E-state index in [0.29, 0.717) is 0 Å². The highest BCUT2D eigenvalue weighted by Gasteiger charge is 2.05. The van der Waals surface area contributed by atoms with Gasteiger partial charge in [-0.2, -0.15) is 0 Å². The zero-order valence-electron chi connectivity index (χ0n) is 9.45. The van der Waals surface area contributed by atoms with E-state index in [1.54, 1.807) is 0 Å². The van der Waals surface area contributed by atoms with Crippen LogP contribution in [0.5, 0.6) is 0 Å². The fraction of sp³-hybridized carbons (Fsp3) is 0.143. The van der Waals surface area contributed by atoms with Gasteiger partial charge in [0.05, 0.1) is 0 Å². The molecule has 0 saturated carbocycles. The quantitative estimate of drug-likeness (QED) is 0.551. The van der Waals surface area contributed by atoms with Crippen LogP contribution in [0, 0.1) is 6.92 Å². The molecule has 77 valence electrons. The molecule has 1 radical (unpaired) electrons. The molecule has 0 aliphatic rings. The molecule has 0 N–H and O–H groups in total. The SMILES string of the molecule is C[B]c1ccc2c(c1)sc1cc(C)ccc12. The summed E-state index contributed by atoms with van der Waals surface area (Å²) >= 11 is 1.89. The van der Waals surface area contributed by atoms with Crippen molar-refractivity contribution in [3.8, 4) is 0 Å². The largest absolute Gasteiger partial charge is 0.148 e. The summed E-state index contributed by atoms with van der Waals surface area (Å²) in [5, 5.41) is 2.76. The number of fused-ring (bicyclic) bond motifs is 3. The Bertz CT molecular complexity index is 667. The Kier molecular flexibility index (Phi) is 2.25. The van der Waals surface area contributed by atoms with Gasteiger partial charge in [-0.3, -0.25) is 0 Å². The summed E-state index contributed by atoms with van der Waals surface area (Å²) in [6.07, 6.45) is 0. The molecule has 1 aromatic heterocycles. The molecule has 0 amide bonds.